The summed E-state index contributed by atoms with van der Waals surface area (Å²) in [6.07, 6.45) is 1.51. The van der Waals surface area contributed by atoms with Crippen molar-refractivity contribution < 1.29 is 4.74 Å². The van der Waals surface area contributed by atoms with E-state index in [-0.39, 0.29) is 0 Å². The summed E-state index contributed by atoms with van der Waals surface area (Å²) in [5.41, 5.74) is 4.08. The van der Waals surface area contributed by atoms with Crippen molar-refractivity contribution in [3.63, 3.8) is 0 Å². The lowest BCUT2D eigenvalue weighted by Crippen LogP contribution is -2.10. The normalized spacial score (nSPS) is 11.2. The summed E-state index contributed by atoms with van der Waals surface area (Å²) < 4.78 is 7.14. The number of nitrogens with zero attached hydrogens (tertiary/aromatic N) is 5. The van der Waals surface area contributed by atoms with Gasteiger partial charge >= 0.3 is 0 Å². The summed E-state index contributed by atoms with van der Waals surface area (Å²) in [4.78, 5) is 13.2. The van der Waals surface area contributed by atoms with Crippen LogP contribution in [-0.4, -0.2) is 31.7 Å². The highest BCUT2D eigenvalue weighted by Crippen LogP contribution is 2.23. The second kappa shape index (κ2) is 6.43. The third kappa shape index (κ3) is 3.02. The van der Waals surface area contributed by atoms with E-state index in [0.29, 0.717) is 24.1 Å². The molecule has 24 heavy (non-hydrogen) atoms. The number of fused-ring (bicyclic) bond motifs is 1. The second-order valence-electron chi connectivity index (χ2n) is 6.11. The summed E-state index contributed by atoms with van der Waals surface area (Å²) >= 11 is 0. The molecule has 0 aliphatic heterocycles. The van der Waals surface area contributed by atoms with Gasteiger partial charge in [0.05, 0.1) is 12.8 Å². The summed E-state index contributed by atoms with van der Waals surface area (Å²) in [7, 11) is 1.64. The fraction of sp³-hybridized carbons (Fsp3) is 0.412. The SMILES string of the molecule is COc1nc(C)cc(C)c1CNc1cc(C(C)C)nc2ncnn12. The van der Waals surface area contributed by atoms with Crippen molar-refractivity contribution in [1.29, 1.82) is 0 Å². The summed E-state index contributed by atoms with van der Waals surface area (Å²) in [6, 6.07) is 4.06. The van der Waals surface area contributed by atoms with Gasteiger partial charge in [0, 0.05) is 23.9 Å². The largest absolute Gasteiger partial charge is 0.481 e. The quantitative estimate of drug-likeness (QED) is 0.777. The Morgan fingerprint density at radius 1 is 1.21 bits per heavy atom. The Bertz CT molecular complexity index is 871. The van der Waals surface area contributed by atoms with Crippen molar-refractivity contribution in [3.05, 3.63) is 41.0 Å². The molecule has 0 saturated carbocycles. The highest BCUT2D eigenvalue weighted by molar-refractivity contribution is 5.47. The van der Waals surface area contributed by atoms with Crippen LogP contribution in [0.2, 0.25) is 0 Å². The van der Waals surface area contributed by atoms with E-state index < -0.39 is 0 Å². The summed E-state index contributed by atoms with van der Waals surface area (Å²) in [5, 5.41) is 7.67. The van der Waals surface area contributed by atoms with Gasteiger partial charge in [0.15, 0.2) is 0 Å². The first-order chi connectivity index (χ1) is 11.5. The third-order valence-corrected chi connectivity index (χ3v) is 3.94. The zero-order valence-electron chi connectivity index (χ0n) is 14.7. The molecule has 0 aromatic carbocycles. The van der Waals surface area contributed by atoms with Gasteiger partial charge in [-0.2, -0.15) is 14.6 Å². The topological polar surface area (TPSA) is 77.2 Å². The van der Waals surface area contributed by atoms with Crippen molar-refractivity contribution in [2.24, 2.45) is 0 Å². The van der Waals surface area contributed by atoms with E-state index in [2.05, 4.69) is 52.2 Å². The number of anilines is 1. The molecule has 3 heterocycles. The number of aryl methyl sites for hydroxylation is 2. The average Bonchev–Trinajstić information content (AvgIpc) is 3.01. The Balaban J connectivity index is 1.95. The molecule has 7 heteroatoms. The van der Waals surface area contributed by atoms with Crippen LogP contribution in [0.1, 0.15) is 42.3 Å². The Morgan fingerprint density at radius 3 is 2.71 bits per heavy atom. The van der Waals surface area contributed by atoms with Crippen LogP contribution in [0.4, 0.5) is 5.82 Å². The maximum Gasteiger partial charge on any atom is 0.254 e. The molecular weight excluding hydrogens is 304 g/mol. The van der Waals surface area contributed by atoms with Crippen molar-refractivity contribution in [3.8, 4) is 5.88 Å². The van der Waals surface area contributed by atoms with Gasteiger partial charge < -0.3 is 10.1 Å². The average molecular weight is 326 g/mol. The van der Waals surface area contributed by atoms with Gasteiger partial charge in [0.2, 0.25) is 5.88 Å². The molecule has 0 radical (unpaired) electrons. The van der Waals surface area contributed by atoms with E-state index in [1.54, 1.807) is 11.6 Å². The van der Waals surface area contributed by atoms with Gasteiger partial charge in [-0.3, -0.25) is 0 Å². The van der Waals surface area contributed by atoms with Crippen molar-refractivity contribution in [2.45, 2.75) is 40.2 Å². The number of methoxy groups -OCH3 is 1. The number of hydrogen-bond donors (Lipinski definition) is 1. The Kier molecular flexibility index (Phi) is 4.33. The first-order valence-electron chi connectivity index (χ1n) is 7.95. The number of ether oxygens (including phenoxy) is 1. The van der Waals surface area contributed by atoms with Crippen LogP contribution in [-0.2, 0) is 6.54 Å². The lowest BCUT2D eigenvalue weighted by molar-refractivity contribution is 0.391. The molecular formula is C17H22N6O. The van der Waals surface area contributed by atoms with Crippen LogP contribution >= 0.6 is 0 Å². The number of rotatable bonds is 5. The van der Waals surface area contributed by atoms with E-state index >= 15 is 0 Å². The standard InChI is InChI=1S/C17H22N6O/c1-10(2)14-7-15(23-17(22-14)19-9-20-23)18-8-13-11(3)6-12(4)21-16(13)24-5/h6-7,9-10,18H,8H2,1-5H3. The van der Waals surface area contributed by atoms with E-state index in [0.717, 1.165) is 28.3 Å². The number of nitrogens with one attached hydrogen (secondary N) is 1. The smallest absolute Gasteiger partial charge is 0.254 e. The predicted octanol–water partition coefficient (Wildman–Crippen LogP) is 2.88. The van der Waals surface area contributed by atoms with Gasteiger partial charge in [-0.05, 0) is 31.4 Å². The molecule has 0 fully saturated rings. The molecule has 0 saturated heterocycles. The molecule has 3 aromatic rings. The molecule has 3 aromatic heterocycles. The molecule has 0 bridgehead atoms. The molecule has 3 rings (SSSR count). The highest BCUT2D eigenvalue weighted by atomic mass is 16.5. The van der Waals surface area contributed by atoms with Gasteiger partial charge in [0.25, 0.3) is 5.78 Å². The molecule has 0 aliphatic carbocycles. The number of pyridine rings is 1. The van der Waals surface area contributed by atoms with Crippen LogP contribution in [0, 0.1) is 13.8 Å². The minimum Gasteiger partial charge on any atom is -0.481 e. The van der Waals surface area contributed by atoms with Gasteiger partial charge in [-0.1, -0.05) is 13.8 Å². The molecule has 0 aliphatic rings. The van der Waals surface area contributed by atoms with Gasteiger partial charge in [0.1, 0.15) is 12.1 Å². The number of hydrogen-bond acceptors (Lipinski definition) is 6. The van der Waals surface area contributed by atoms with Crippen molar-refractivity contribution >= 4 is 11.6 Å². The molecule has 0 atom stereocenters. The lowest BCUT2D eigenvalue weighted by Gasteiger charge is -2.15. The maximum absolute atomic E-state index is 5.43. The van der Waals surface area contributed by atoms with Crippen LogP contribution < -0.4 is 10.1 Å². The zero-order chi connectivity index (χ0) is 17.3. The molecule has 126 valence electrons. The van der Waals surface area contributed by atoms with Crippen LogP contribution in [0.3, 0.4) is 0 Å². The minimum atomic E-state index is 0.310. The molecule has 0 amide bonds. The second-order valence-corrected chi connectivity index (χ2v) is 6.11. The van der Waals surface area contributed by atoms with E-state index in [4.69, 9.17) is 4.74 Å². The maximum atomic E-state index is 5.43. The fourth-order valence-electron chi connectivity index (χ4n) is 2.64. The first kappa shape index (κ1) is 16.2. The Labute approximate surface area is 141 Å². The van der Waals surface area contributed by atoms with Crippen LogP contribution in [0.15, 0.2) is 18.5 Å². The van der Waals surface area contributed by atoms with Crippen LogP contribution in [0.5, 0.6) is 5.88 Å². The molecule has 1 N–H and O–H groups in total. The van der Waals surface area contributed by atoms with Gasteiger partial charge in [-0.15, -0.1) is 0 Å². The van der Waals surface area contributed by atoms with E-state index in [1.807, 2.05) is 13.0 Å². The Hall–Kier alpha value is -2.70. The predicted molar refractivity (Wildman–Crippen MR) is 92.5 cm³/mol. The Morgan fingerprint density at radius 2 is 2.00 bits per heavy atom. The zero-order valence-corrected chi connectivity index (χ0v) is 14.7. The number of aromatic nitrogens is 5. The van der Waals surface area contributed by atoms with Crippen molar-refractivity contribution in [1.82, 2.24) is 24.6 Å². The lowest BCUT2D eigenvalue weighted by atomic mass is 10.1. The van der Waals surface area contributed by atoms with Crippen LogP contribution in [0.25, 0.3) is 5.78 Å². The summed E-state index contributed by atoms with van der Waals surface area (Å²) in [5.74, 6) is 2.40. The monoisotopic (exact) mass is 326 g/mol. The van der Waals surface area contributed by atoms with E-state index in [9.17, 15) is 0 Å². The highest BCUT2D eigenvalue weighted by Gasteiger charge is 2.13. The van der Waals surface area contributed by atoms with Gasteiger partial charge in [-0.25, -0.2) is 9.97 Å². The summed E-state index contributed by atoms with van der Waals surface area (Å²) in [6.45, 7) is 8.82. The molecule has 7 nitrogen and oxygen atoms in total. The van der Waals surface area contributed by atoms with Crippen molar-refractivity contribution in [2.75, 3.05) is 12.4 Å². The van der Waals surface area contributed by atoms with E-state index in [1.165, 1.54) is 6.33 Å². The fourth-order valence-corrected chi connectivity index (χ4v) is 2.64. The molecule has 0 spiro atoms. The first-order valence-corrected chi connectivity index (χ1v) is 7.95. The third-order valence-electron chi connectivity index (χ3n) is 3.94. The molecule has 0 unspecified atom stereocenters. The minimum absolute atomic E-state index is 0.310.